The molecule has 0 unspecified atom stereocenters. The van der Waals surface area contributed by atoms with Crippen molar-refractivity contribution in [1.82, 2.24) is 15.1 Å². The highest BCUT2D eigenvalue weighted by atomic mass is 32.1. The molecule has 1 N–H and O–H groups in total. The zero-order chi connectivity index (χ0) is 7.84. The molecule has 56 valence electrons. The van der Waals surface area contributed by atoms with E-state index in [2.05, 4.69) is 10.4 Å². The fourth-order valence-electron chi connectivity index (χ4n) is 1.03. The summed E-state index contributed by atoms with van der Waals surface area (Å²) >= 11 is 4.85. The summed E-state index contributed by atoms with van der Waals surface area (Å²) in [6.45, 7) is 0. The molecule has 0 radical (unpaired) electrons. The van der Waals surface area contributed by atoms with Crippen LogP contribution < -0.4 is 5.32 Å². The first kappa shape index (κ1) is 6.48. The molecule has 0 spiro atoms. The molecule has 1 aliphatic rings. The minimum atomic E-state index is -0.263. The number of amides is 1. The van der Waals surface area contributed by atoms with Crippen molar-refractivity contribution in [3.63, 3.8) is 0 Å². The Labute approximate surface area is 68.2 Å². The van der Waals surface area contributed by atoms with Gasteiger partial charge in [0.25, 0.3) is 0 Å². The van der Waals surface area contributed by atoms with Crippen molar-refractivity contribution in [2.45, 2.75) is 6.42 Å². The van der Waals surface area contributed by atoms with E-state index in [4.69, 9.17) is 12.2 Å². The molecule has 0 aromatic carbocycles. The van der Waals surface area contributed by atoms with E-state index in [9.17, 15) is 4.79 Å². The number of nitrogens with zero attached hydrogens (tertiary/aromatic N) is 2. The summed E-state index contributed by atoms with van der Waals surface area (Å²) in [7, 11) is 0. The molecule has 2 heterocycles. The molecule has 0 saturated carbocycles. The fourth-order valence-corrected chi connectivity index (χ4v) is 1.26. The summed E-state index contributed by atoms with van der Waals surface area (Å²) in [5.41, 5.74) is 0.846. The zero-order valence-corrected chi connectivity index (χ0v) is 6.39. The van der Waals surface area contributed by atoms with E-state index in [1.54, 1.807) is 12.3 Å². The molecular formula is C6H5N3OS. The second-order valence-electron chi connectivity index (χ2n) is 2.26. The fraction of sp³-hybridized carbons (Fsp3) is 0.167. The SMILES string of the molecule is O=C1NC(=S)Cc2ccnn21. The molecule has 4 nitrogen and oxygen atoms in total. The topological polar surface area (TPSA) is 46.9 Å². The van der Waals surface area contributed by atoms with Crippen LogP contribution in [-0.4, -0.2) is 20.8 Å². The van der Waals surface area contributed by atoms with Crippen molar-refractivity contribution in [1.29, 1.82) is 0 Å². The lowest BCUT2D eigenvalue weighted by atomic mass is 10.3. The Bertz CT molecular complexity index is 330. The van der Waals surface area contributed by atoms with Crippen LogP contribution in [0.3, 0.4) is 0 Å². The van der Waals surface area contributed by atoms with Gasteiger partial charge in [0, 0.05) is 12.6 Å². The highest BCUT2D eigenvalue weighted by molar-refractivity contribution is 7.80. The number of carbonyl (C=O) groups excluding carboxylic acids is 1. The number of hydrogen-bond acceptors (Lipinski definition) is 3. The van der Waals surface area contributed by atoms with Crippen LogP contribution >= 0.6 is 12.2 Å². The summed E-state index contributed by atoms with van der Waals surface area (Å²) < 4.78 is 1.32. The summed E-state index contributed by atoms with van der Waals surface area (Å²) in [6, 6.07) is 1.52. The second-order valence-corrected chi connectivity index (χ2v) is 2.76. The first-order valence-corrected chi connectivity index (χ1v) is 3.55. The van der Waals surface area contributed by atoms with Crippen molar-refractivity contribution >= 4 is 23.2 Å². The molecule has 5 heteroatoms. The van der Waals surface area contributed by atoms with Crippen LogP contribution in [0.25, 0.3) is 0 Å². The molecular weight excluding hydrogens is 162 g/mol. The molecule has 0 saturated heterocycles. The largest absolute Gasteiger partial charge is 0.347 e. The summed E-state index contributed by atoms with van der Waals surface area (Å²) in [6.07, 6.45) is 2.18. The van der Waals surface area contributed by atoms with Gasteiger partial charge in [-0.25, -0.2) is 4.79 Å². The second kappa shape index (κ2) is 2.13. The van der Waals surface area contributed by atoms with Crippen LogP contribution in [0.15, 0.2) is 12.3 Å². The molecule has 2 rings (SSSR count). The van der Waals surface area contributed by atoms with Crippen LogP contribution in [0.1, 0.15) is 5.69 Å². The lowest BCUT2D eigenvalue weighted by molar-refractivity contribution is 0.242. The van der Waals surface area contributed by atoms with Gasteiger partial charge in [-0.05, 0) is 6.07 Å². The lowest BCUT2D eigenvalue weighted by Crippen LogP contribution is -2.40. The normalized spacial score (nSPS) is 16.0. The van der Waals surface area contributed by atoms with Crippen LogP contribution in [0.5, 0.6) is 0 Å². The Balaban J connectivity index is 2.52. The predicted molar refractivity (Wildman–Crippen MR) is 42.5 cm³/mol. The smallest absolute Gasteiger partial charge is 0.300 e. The van der Waals surface area contributed by atoms with Gasteiger partial charge in [-0.3, -0.25) is 5.32 Å². The molecule has 1 amide bonds. The molecule has 0 fully saturated rings. The van der Waals surface area contributed by atoms with Gasteiger partial charge in [0.2, 0.25) is 0 Å². The van der Waals surface area contributed by atoms with Crippen molar-refractivity contribution in [3.05, 3.63) is 18.0 Å². The van der Waals surface area contributed by atoms with Crippen molar-refractivity contribution in [2.75, 3.05) is 0 Å². The molecule has 0 bridgehead atoms. The van der Waals surface area contributed by atoms with E-state index >= 15 is 0 Å². The Morgan fingerprint density at radius 3 is 3.36 bits per heavy atom. The monoisotopic (exact) mass is 167 g/mol. The van der Waals surface area contributed by atoms with E-state index in [1.165, 1.54) is 4.68 Å². The first-order chi connectivity index (χ1) is 5.27. The first-order valence-electron chi connectivity index (χ1n) is 3.14. The van der Waals surface area contributed by atoms with Gasteiger partial charge < -0.3 is 0 Å². The maximum Gasteiger partial charge on any atom is 0.347 e. The number of fused-ring (bicyclic) bond motifs is 1. The van der Waals surface area contributed by atoms with Gasteiger partial charge in [0.05, 0.1) is 10.7 Å². The third-order valence-corrected chi connectivity index (χ3v) is 1.75. The van der Waals surface area contributed by atoms with Crippen LogP contribution in [0, 0.1) is 0 Å². The molecule has 11 heavy (non-hydrogen) atoms. The number of hydrogen-bond donors (Lipinski definition) is 1. The van der Waals surface area contributed by atoms with Crippen molar-refractivity contribution < 1.29 is 4.79 Å². The van der Waals surface area contributed by atoms with Crippen molar-refractivity contribution in [3.8, 4) is 0 Å². The van der Waals surface area contributed by atoms with E-state index < -0.39 is 0 Å². The van der Waals surface area contributed by atoms with E-state index in [1.807, 2.05) is 0 Å². The quantitative estimate of drug-likeness (QED) is 0.566. The van der Waals surface area contributed by atoms with Gasteiger partial charge in [0.15, 0.2) is 0 Å². The molecule has 1 aliphatic heterocycles. The van der Waals surface area contributed by atoms with Gasteiger partial charge in [0.1, 0.15) is 0 Å². The Hall–Kier alpha value is -1.23. The van der Waals surface area contributed by atoms with E-state index in [-0.39, 0.29) is 6.03 Å². The van der Waals surface area contributed by atoms with Gasteiger partial charge in [-0.15, -0.1) is 0 Å². The Morgan fingerprint density at radius 1 is 1.73 bits per heavy atom. The Kier molecular flexibility index (Phi) is 1.25. The Morgan fingerprint density at radius 2 is 2.55 bits per heavy atom. The minimum Gasteiger partial charge on any atom is -0.300 e. The third kappa shape index (κ3) is 0.932. The zero-order valence-electron chi connectivity index (χ0n) is 5.57. The van der Waals surface area contributed by atoms with E-state index in [0.29, 0.717) is 11.4 Å². The summed E-state index contributed by atoms with van der Waals surface area (Å²) in [5.74, 6) is 0. The average Bonchev–Trinajstić information content (AvgIpc) is 2.34. The highest BCUT2D eigenvalue weighted by Gasteiger charge is 2.18. The summed E-state index contributed by atoms with van der Waals surface area (Å²) in [5, 5.41) is 6.33. The maximum atomic E-state index is 11.1. The highest BCUT2D eigenvalue weighted by Crippen LogP contribution is 2.04. The standard InChI is InChI=1S/C6H5N3OS/c10-6-8-5(11)3-4-1-2-7-9(4)6/h1-2H,3H2,(H,8,10,11). The maximum absolute atomic E-state index is 11.1. The number of rotatable bonds is 0. The van der Waals surface area contributed by atoms with E-state index in [0.717, 1.165) is 5.69 Å². The predicted octanol–water partition coefficient (Wildman–Crippen LogP) is 0.324. The minimum absolute atomic E-state index is 0.263. The van der Waals surface area contributed by atoms with Crippen LogP contribution in [-0.2, 0) is 6.42 Å². The van der Waals surface area contributed by atoms with Crippen LogP contribution in [0.4, 0.5) is 4.79 Å². The number of carbonyl (C=O) groups is 1. The summed E-state index contributed by atoms with van der Waals surface area (Å²) in [4.78, 5) is 11.6. The number of thiocarbonyl (C=S) groups is 1. The molecule has 1 aromatic rings. The number of nitrogens with one attached hydrogen (secondary N) is 1. The van der Waals surface area contributed by atoms with Crippen molar-refractivity contribution in [2.24, 2.45) is 0 Å². The third-order valence-electron chi connectivity index (χ3n) is 1.50. The molecule has 1 aromatic heterocycles. The van der Waals surface area contributed by atoms with Gasteiger partial charge in [-0.2, -0.15) is 9.78 Å². The van der Waals surface area contributed by atoms with Gasteiger partial charge in [-0.1, -0.05) is 12.2 Å². The van der Waals surface area contributed by atoms with Crippen LogP contribution in [0.2, 0.25) is 0 Å². The molecule has 0 atom stereocenters. The van der Waals surface area contributed by atoms with Gasteiger partial charge >= 0.3 is 6.03 Å². The average molecular weight is 167 g/mol. The molecule has 0 aliphatic carbocycles. The lowest BCUT2D eigenvalue weighted by Gasteiger charge is -2.13. The number of aromatic nitrogens is 2.